The molecule has 150 valence electrons. The predicted molar refractivity (Wildman–Crippen MR) is 103 cm³/mol. The first-order valence-electron chi connectivity index (χ1n) is 10.0. The third-order valence-electron chi connectivity index (χ3n) is 5.48. The van der Waals surface area contributed by atoms with Crippen LogP contribution in [-0.2, 0) is 6.42 Å². The maximum Gasteiger partial charge on any atom is 0.317 e. The van der Waals surface area contributed by atoms with E-state index in [0.717, 1.165) is 49.0 Å². The molecule has 9 heteroatoms. The molecule has 0 atom stereocenters. The molecule has 0 bridgehead atoms. The van der Waals surface area contributed by atoms with Gasteiger partial charge < -0.3 is 19.6 Å². The minimum atomic E-state index is -0.0468. The van der Waals surface area contributed by atoms with Crippen molar-refractivity contribution in [1.82, 2.24) is 30.3 Å². The van der Waals surface area contributed by atoms with Crippen LogP contribution in [0.3, 0.4) is 0 Å². The molecule has 1 aliphatic carbocycles. The number of rotatable bonds is 5. The third kappa shape index (κ3) is 4.07. The second-order valence-electron chi connectivity index (χ2n) is 7.55. The maximum atomic E-state index is 12.4. The Bertz CT molecular complexity index is 825. The fourth-order valence-corrected chi connectivity index (χ4v) is 3.53. The summed E-state index contributed by atoms with van der Waals surface area (Å²) in [5.41, 5.74) is 1.83. The first-order valence-corrected chi connectivity index (χ1v) is 10.0. The number of anilines is 1. The topological polar surface area (TPSA) is 100 Å². The highest BCUT2D eigenvalue weighted by Crippen LogP contribution is 2.35. The molecule has 4 rings (SSSR count). The second kappa shape index (κ2) is 8.12. The van der Waals surface area contributed by atoms with Gasteiger partial charge in [-0.2, -0.15) is 4.98 Å². The number of nitrogens with zero attached hydrogens (tertiary/aromatic N) is 6. The molecule has 3 heterocycles. The highest BCUT2D eigenvalue weighted by Gasteiger charge is 2.26. The van der Waals surface area contributed by atoms with E-state index < -0.39 is 0 Å². The zero-order valence-corrected chi connectivity index (χ0v) is 16.5. The molecule has 0 unspecified atom stereocenters. The summed E-state index contributed by atoms with van der Waals surface area (Å²) in [4.78, 5) is 29.9. The smallest absolute Gasteiger partial charge is 0.317 e. The summed E-state index contributed by atoms with van der Waals surface area (Å²) in [6, 6.07) is -0.0468. The van der Waals surface area contributed by atoms with Gasteiger partial charge in [0.25, 0.3) is 0 Å². The van der Waals surface area contributed by atoms with Crippen molar-refractivity contribution in [2.45, 2.75) is 45.4 Å². The lowest BCUT2D eigenvalue weighted by Crippen LogP contribution is -2.52. The standard InChI is InChI=1S/C19H27N7O2/c1-13-12-21-14(2)17(22-13)25-8-10-26(11-9-25)19(27)20-7-6-16-23-18(28-24-16)15-4-3-5-15/h12,15H,3-11H2,1-2H3,(H,20,27). The number of aryl methyl sites for hydroxylation is 2. The van der Waals surface area contributed by atoms with Crippen molar-refractivity contribution in [3.63, 3.8) is 0 Å². The SMILES string of the molecule is Cc1cnc(C)c(N2CCN(C(=O)NCCc3noc(C4CCC4)n3)CC2)n1. The van der Waals surface area contributed by atoms with Gasteiger partial charge in [-0.05, 0) is 26.7 Å². The summed E-state index contributed by atoms with van der Waals surface area (Å²) in [5.74, 6) is 2.77. The molecule has 1 saturated carbocycles. The van der Waals surface area contributed by atoms with Gasteiger partial charge in [-0.1, -0.05) is 11.6 Å². The van der Waals surface area contributed by atoms with Gasteiger partial charge in [0.15, 0.2) is 5.82 Å². The van der Waals surface area contributed by atoms with Crippen molar-refractivity contribution >= 4 is 11.8 Å². The Morgan fingerprint density at radius 1 is 1.21 bits per heavy atom. The Kier molecular flexibility index (Phi) is 5.40. The average molecular weight is 385 g/mol. The zero-order chi connectivity index (χ0) is 19.5. The lowest BCUT2D eigenvalue weighted by molar-refractivity contribution is 0.194. The summed E-state index contributed by atoms with van der Waals surface area (Å²) < 4.78 is 5.31. The van der Waals surface area contributed by atoms with Crippen LogP contribution in [0.4, 0.5) is 10.6 Å². The van der Waals surface area contributed by atoms with Crippen molar-refractivity contribution in [3.8, 4) is 0 Å². The Balaban J connectivity index is 1.22. The number of carbonyl (C=O) groups is 1. The Morgan fingerprint density at radius 3 is 2.71 bits per heavy atom. The van der Waals surface area contributed by atoms with E-state index in [0.29, 0.717) is 37.8 Å². The number of hydrogen-bond donors (Lipinski definition) is 1. The monoisotopic (exact) mass is 385 g/mol. The molecule has 28 heavy (non-hydrogen) atoms. The van der Waals surface area contributed by atoms with Crippen molar-refractivity contribution in [2.24, 2.45) is 0 Å². The van der Waals surface area contributed by atoms with Gasteiger partial charge in [0, 0.05) is 51.3 Å². The molecule has 2 aromatic rings. The molecule has 0 radical (unpaired) electrons. The van der Waals surface area contributed by atoms with E-state index in [1.54, 1.807) is 6.20 Å². The van der Waals surface area contributed by atoms with Crippen LogP contribution in [-0.4, -0.2) is 63.8 Å². The van der Waals surface area contributed by atoms with Crippen molar-refractivity contribution < 1.29 is 9.32 Å². The van der Waals surface area contributed by atoms with Crippen LogP contribution in [0.1, 0.15) is 48.3 Å². The molecule has 1 saturated heterocycles. The van der Waals surface area contributed by atoms with Crippen LogP contribution in [0.2, 0.25) is 0 Å². The maximum absolute atomic E-state index is 12.4. The van der Waals surface area contributed by atoms with Gasteiger partial charge in [-0.3, -0.25) is 4.98 Å². The van der Waals surface area contributed by atoms with E-state index in [2.05, 4.69) is 30.3 Å². The van der Waals surface area contributed by atoms with Gasteiger partial charge in [0.1, 0.15) is 5.82 Å². The minimum Gasteiger partial charge on any atom is -0.352 e. The summed E-state index contributed by atoms with van der Waals surface area (Å²) in [6.07, 6.45) is 5.87. The molecular formula is C19H27N7O2. The molecule has 2 fully saturated rings. The summed E-state index contributed by atoms with van der Waals surface area (Å²) >= 11 is 0. The van der Waals surface area contributed by atoms with Gasteiger partial charge in [-0.15, -0.1) is 0 Å². The van der Waals surface area contributed by atoms with Crippen LogP contribution in [0.15, 0.2) is 10.7 Å². The van der Waals surface area contributed by atoms with Crippen molar-refractivity contribution in [2.75, 3.05) is 37.6 Å². The number of carbonyl (C=O) groups excluding carboxylic acids is 1. The third-order valence-corrected chi connectivity index (χ3v) is 5.48. The Morgan fingerprint density at radius 2 is 2.00 bits per heavy atom. The normalized spacial score (nSPS) is 17.5. The second-order valence-corrected chi connectivity index (χ2v) is 7.55. The summed E-state index contributed by atoms with van der Waals surface area (Å²) in [7, 11) is 0. The minimum absolute atomic E-state index is 0.0468. The van der Waals surface area contributed by atoms with Crippen LogP contribution in [0.25, 0.3) is 0 Å². The lowest BCUT2D eigenvalue weighted by atomic mass is 9.85. The first-order chi connectivity index (χ1) is 13.6. The van der Waals surface area contributed by atoms with Gasteiger partial charge >= 0.3 is 6.03 Å². The van der Waals surface area contributed by atoms with Crippen molar-refractivity contribution in [1.29, 1.82) is 0 Å². The fraction of sp³-hybridized carbons (Fsp3) is 0.632. The van der Waals surface area contributed by atoms with E-state index >= 15 is 0 Å². The summed E-state index contributed by atoms with van der Waals surface area (Å²) in [6.45, 7) is 7.24. The summed E-state index contributed by atoms with van der Waals surface area (Å²) in [5, 5.41) is 6.98. The number of hydrogen-bond acceptors (Lipinski definition) is 7. The molecule has 9 nitrogen and oxygen atoms in total. The van der Waals surface area contributed by atoms with Crippen LogP contribution in [0, 0.1) is 13.8 Å². The molecule has 2 amide bonds. The number of aromatic nitrogens is 4. The van der Waals surface area contributed by atoms with E-state index in [1.165, 1.54) is 6.42 Å². The Hall–Kier alpha value is -2.71. The van der Waals surface area contributed by atoms with Crippen molar-refractivity contribution in [3.05, 3.63) is 29.3 Å². The highest BCUT2D eigenvalue weighted by atomic mass is 16.5. The largest absolute Gasteiger partial charge is 0.352 e. The zero-order valence-electron chi connectivity index (χ0n) is 16.5. The number of piperazine rings is 1. The van der Waals surface area contributed by atoms with Crippen LogP contribution in [0.5, 0.6) is 0 Å². The molecular weight excluding hydrogens is 358 g/mol. The number of urea groups is 1. The number of nitrogens with one attached hydrogen (secondary N) is 1. The number of amides is 2. The lowest BCUT2D eigenvalue weighted by Gasteiger charge is -2.35. The first kappa shape index (κ1) is 18.6. The molecule has 2 aromatic heterocycles. The van der Waals surface area contributed by atoms with Gasteiger partial charge in [0.2, 0.25) is 5.89 Å². The molecule has 0 spiro atoms. The predicted octanol–water partition coefficient (Wildman–Crippen LogP) is 1.82. The van der Waals surface area contributed by atoms with Crippen LogP contribution < -0.4 is 10.2 Å². The van der Waals surface area contributed by atoms with Crippen LogP contribution >= 0.6 is 0 Å². The van der Waals surface area contributed by atoms with E-state index in [1.807, 2.05) is 18.7 Å². The van der Waals surface area contributed by atoms with E-state index in [-0.39, 0.29) is 6.03 Å². The Labute approximate surface area is 164 Å². The highest BCUT2D eigenvalue weighted by molar-refractivity contribution is 5.74. The molecule has 1 aliphatic heterocycles. The van der Waals surface area contributed by atoms with E-state index in [4.69, 9.17) is 4.52 Å². The molecule has 0 aromatic carbocycles. The van der Waals surface area contributed by atoms with Gasteiger partial charge in [-0.25, -0.2) is 9.78 Å². The average Bonchev–Trinajstić information content (AvgIpc) is 3.10. The molecule has 1 N–H and O–H groups in total. The fourth-order valence-electron chi connectivity index (χ4n) is 3.53. The molecule has 2 aliphatic rings. The quantitative estimate of drug-likeness (QED) is 0.838. The van der Waals surface area contributed by atoms with E-state index in [9.17, 15) is 4.79 Å². The van der Waals surface area contributed by atoms with Gasteiger partial charge in [0.05, 0.1) is 11.4 Å².